The fourth-order valence-corrected chi connectivity index (χ4v) is 1.66. The smallest absolute Gasteiger partial charge is 0.259 e. The molecule has 0 radical (unpaired) electrons. The van der Waals surface area contributed by atoms with E-state index in [0.29, 0.717) is 28.2 Å². The van der Waals surface area contributed by atoms with Crippen molar-refractivity contribution in [2.45, 2.75) is 0 Å². The van der Waals surface area contributed by atoms with Crippen molar-refractivity contribution in [3.05, 3.63) is 47.9 Å². The molecule has 0 aliphatic rings. The van der Waals surface area contributed by atoms with Gasteiger partial charge in [0.25, 0.3) is 5.89 Å². The van der Waals surface area contributed by atoms with E-state index in [1.54, 1.807) is 18.2 Å². The maximum atomic E-state index is 8.85. The first kappa shape index (κ1) is 12.5. The van der Waals surface area contributed by atoms with E-state index in [-0.39, 0.29) is 5.89 Å². The summed E-state index contributed by atoms with van der Waals surface area (Å²) in [5.74, 6) is 0.553. The van der Waals surface area contributed by atoms with E-state index in [4.69, 9.17) is 15.0 Å². The second-order valence-corrected chi connectivity index (χ2v) is 4.04. The van der Waals surface area contributed by atoms with Gasteiger partial charge in [0, 0.05) is 18.6 Å². The molecule has 0 fully saturated rings. The van der Waals surface area contributed by atoms with Crippen molar-refractivity contribution in [3.8, 4) is 35.1 Å². The van der Waals surface area contributed by atoms with Crippen LogP contribution in [0.5, 0.6) is 0 Å². The summed E-state index contributed by atoms with van der Waals surface area (Å²) >= 11 is 0. The summed E-state index contributed by atoms with van der Waals surface area (Å²) in [4.78, 5) is 12.2. The summed E-state index contributed by atoms with van der Waals surface area (Å²) in [6.45, 7) is 0. The Bertz CT molecular complexity index is 869. The zero-order valence-electron chi connectivity index (χ0n) is 10.6. The van der Waals surface area contributed by atoms with E-state index in [1.807, 2.05) is 12.1 Å². The monoisotopic (exact) mass is 274 g/mol. The van der Waals surface area contributed by atoms with Gasteiger partial charge in [-0.15, -0.1) is 0 Å². The van der Waals surface area contributed by atoms with Gasteiger partial charge in [-0.25, -0.2) is 0 Å². The Hall–Kier alpha value is -3.58. The third kappa shape index (κ3) is 2.44. The lowest BCUT2D eigenvalue weighted by molar-refractivity contribution is 0.432. The zero-order valence-corrected chi connectivity index (χ0v) is 10.6. The van der Waals surface area contributed by atoms with Crippen molar-refractivity contribution in [3.63, 3.8) is 0 Å². The highest BCUT2D eigenvalue weighted by molar-refractivity contribution is 5.58. The van der Waals surface area contributed by atoms with Gasteiger partial charge in [-0.2, -0.15) is 15.5 Å². The van der Waals surface area contributed by atoms with Crippen molar-refractivity contribution in [2.24, 2.45) is 0 Å². The Morgan fingerprint density at radius 1 is 1.00 bits per heavy atom. The molecule has 3 aromatic heterocycles. The average molecular weight is 274 g/mol. The van der Waals surface area contributed by atoms with Gasteiger partial charge in [-0.3, -0.25) is 9.97 Å². The maximum Gasteiger partial charge on any atom is 0.259 e. The fraction of sp³-hybridized carbons (Fsp3) is 0. The van der Waals surface area contributed by atoms with Crippen molar-refractivity contribution in [1.29, 1.82) is 10.5 Å². The molecule has 3 aromatic rings. The van der Waals surface area contributed by atoms with Crippen LogP contribution >= 0.6 is 0 Å². The summed E-state index contributed by atoms with van der Waals surface area (Å²) in [6.07, 6.45) is 4.41. The molecule has 0 saturated carbocycles. The van der Waals surface area contributed by atoms with Crippen molar-refractivity contribution >= 4 is 0 Å². The lowest BCUT2D eigenvalue weighted by atomic mass is 10.2. The van der Waals surface area contributed by atoms with Crippen LogP contribution in [-0.4, -0.2) is 20.1 Å². The van der Waals surface area contributed by atoms with E-state index in [2.05, 4.69) is 20.1 Å². The number of pyridine rings is 2. The molecule has 7 nitrogen and oxygen atoms in total. The minimum Gasteiger partial charge on any atom is -0.333 e. The van der Waals surface area contributed by atoms with Crippen LogP contribution in [0.1, 0.15) is 11.1 Å². The zero-order chi connectivity index (χ0) is 14.7. The van der Waals surface area contributed by atoms with Gasteiger partial charge < -0.3 is 4.52 Å². The van der Waals surface area contributed by atoms with Gasteiger partial charge in [0.05, 0.1) is 16.7 Å². The van der Waals surface area contributed by atoms with Crippen LogP contribution in [0.2, 0.25) is 0 Å². The highest BCUT2D eigenvalue weighted by atomic mass is 16.5. The quantitative estimate of drug-likeness (QED) is 0.701. The molecule has 0 aliphatic carbocycles. The molecule has 0 atom stereocenters. The molecule has 3 heterocycles. The number of nitrogens with zero attached hydrogens (tertiary/aromatic N) is 6. The van der Waals surface area contributed by atoms with Gasteiger partial charge in [0.15, 0.2) is 0 Å². The van der Waals surface area contributed by atoms with Crippen LogP contribution in [0.4, 0.5) is 0 Å². The molecule has 0 unspecified atom stereocenters. The Morgan fingerprint density at radius 2 is 1.86 bits per heavy atom. The number of hydrogen-bond donors (Lipinski definition) is 0. The maximum absolute atomic E-state index is 8.85. The molecule has 7 heteroatoms. The molecule has 0 bridgehead atoms. The molecular weight excluding hydrogens is 268 g/mol. The fourth-order valence-electron chi connectivity index (χ4n) is 1.66. The summed E-state index contributed by atoms with van der Waals surface area (Å²) in [6, 6.07) is 8.84. The number of nitriles is 2. The van der Waals surface area contributed by atoms with Crippen LogP contribution in [0.3, 0.4) is 0 Å². The average Bonchev–Trinajstić information content (AvgIpc) is 3.05. The first-order valence-electron chi connectivity index (χ1n) is 5.86. The van der Waals surface area contributed by atoms with E-state index in [0.717, 1.165) is 0 Å². The van der Waals surface area contributed by atoms with E-state index < -0.39 is 0 Å². The predicted octanol–water partition coefficient (Wildman–Crippen LogP) is 1.94. The summed E-state index contributed by atoms with van der Waals surface area (Å²) in [5, 5.41) is 21.4. The van der Waals surface area contributed by atoms with Crippen molar-refractivity contribution in [1.82, 2.24) is 20.1 Å². The van der Waals surface area contributed by atoms with E-state index in [1.165, 1.54) is 18.6 Å². The Kier molecular flexibility index (Phi) is 3.08. The van der Waals surface area contributed by atoms with Crippen molar-refractivity contribution in [2.75, 3.05) is 0 Å². The Balaban J connectivity index is 1.96. The number of hydrogen-bond acceptors (Lipinski definition) is 7. The lowest BCUT2D eigenvalue weighted by Gasteiger charge is -1.93. The Labute approximate surface area is 119 Å². The first-order chi connectivity index (χ1) is 10.3. The van der Waals surface area contributed by atoms with Gasteiger partial charge in [-0.05, 0) is 18.2 Å². The van der Waals surface area contributed by atoms with Crippen LogP contribution < -0.4 is 0 Å². The standard InChI is InChI=1S/C14H6N6O/c15-4-9-1-2-12(18-7-9)13-19-14(21-20-13)11-3-10(5-16)6-17-8-11/h1-3,6-8H. The molecule has 21 heavy (non-hydrogen) atoms. The Morgan fingerprint density at radius 3 is 2.57 bits per heavy atom. The molecular formula is C14H6N6O. The first-order valence-corrected chi connectivity index (χ1v) is 5.86. The van der Waals surface area contributed by atoms with Crippen LogP contribution in [0.15, 0.2) is 41.3 Å². The van der Waals surface area contributed by atoms with Crippen LogP contribution in [0.25, 0.3) is 23.0 Å². The predicted molar refractivity (Wildman–Crippen MR) is 70.2 cm³/mol. The summed E-state index contributed by atoms with van der Waals surface area (Å²) in [5.41, 5.74) is 1.91. The van der Waals surface area contributed by atoms with Gasteiger partial charge in [0.1, 0.15) is 17.8 Å². The highest BCUT2D eigenvalue weighted by Crippen LogP contribution is 2.21. The third-order valence-corrected chi connectivity index (χ3v) is 2.66. The minimum atomic E-state index is 0.251. The van der Waals surface area contributed by atoms with E-state index in [9.17, 15) is 0 Å². The summed E-state index contributed by atoms with van der Waals surface area (Å²) < 4.78 is 5.15. The normalized spacial score (nSPS) is 9.81. The number of aromatic nitrogens is 4. The van der Waals surface area contributed by atoms with Crippen LogP contribution in [-0.2, 0) is 0 Å². The second kappa shape index (κ2) is 5.19. The SMILES string of the molecule is N#Cc1ccc(-c2noc(-c3cncc(C#N)c3)n2)nc1. The molecule has 0 aromatic carbocycles. The van der Waals surface area contributed by atoms with E-state index >= 15 is 0 Å². The molecule has 98 valence electrons. The van der Waals surface area contributed by atoms with Gasteiger partial charge >= 0.3 is 0 Å². The van der Waals surface area contributed by atoms with Crippen LogP contribution in [0, 0.1) is 22.7 Å². The second-order valence-electron chi connectivity index (χ2n) is 4.04. The molecule has 0 saturated heterocycles. The molecule has 0 amide bonds. The molecule has 0 spiro atoms. The molecule has 3 rings (SSSR count). The highest BCUT2D eigenvalue weighted by Gasteiger charge is 2.12. The molecule has 0 aliphatic heterocycles. The summed E-state index contributed by atoms with van der Waals surface area (Å²) in [7, 11) is 0. The third-order valence-electron chi connectivity index (χ3n) is 2.66. The number of rotatable bonds is 2. The van der Waals surface area contributed by atoms with Crippen molar-refractivity contribution < 1.29 is 4.52 Å². The minimum absolute atomic E-state index is 0.251. The van der Waals surface area contributed by atoms with Gasteiger partial charge in [-0.1, -0.05) is 5.16 Å². The largest absolute Gasteiger partial charge is 0.333 e. The topological polar surface area (TPSA) is 112 Å². The van der Waals surface area contributed by atoms with Gasteiger partial charge in [0.2, 0.25) is 5.82 Å². The lowest BCUT2D eigenvalue weighted by Crippen LogP contribution is -1.87. The molecule has 0 N–H and O–H groups in total.